The Morgan fingerprint density at radius 1 is 1.24 bits per heavy atom. The molecule has 7 nitrogen and oxygen atoms in total. The molecule has 2 aliphatic rings. The maximum Gasteiger partial charge on any atom is 0.264 e. The van der Waals surface area contributed by atoms with Crippen molar-refractivity contribution in [1.82, 2.24) is 10.2 Å². The molecule has 2 heterocycles. The molecule has 1 atom stereocenters. The van der Waals surface area contributed by atoms with Crippen LogP contribution in [0.2, 0.25) is 0 Å². The first-order valence-electron chi connectivity index (χ1n) is 8.25. The smallest absolute Gasteiger partial charge is 0.264 e. The van der Waals surface area contributed by atoms with Crippen LogP contribution in [0.3, 0.4) is 0 Å². The summed E-state index contributed by atoms with van der Waals surface area (Å²) in [7, 11) is 0. The quantitative estimate of drug-likeness (QED) is 0.848. The fourth-order valence-electron chi connectivity index (χ4n) is 2.71. The van der Waals surface area contributed by atoms with Crippen molar-refractivity contribution in [1.29, 1.82) is 0 Å². The van der Waals surface area contributed by atoms with Gasteiger partial charge in [-0.25, -0.2) is 4.39 Å². The van der Waals surface area contributed by atoms with Gasteiger partial charge >= 0.3 is 0 Å². The molecule has 1 aromatic rings. The number of halogens is 1. The molecule has 0 spiro atoms. The SMILES string of the molecule is O=C(NCCC(=O)N1CCOCC1)[C@H]1CC(c2ccc(F)cc2)=NO1. The summed E-state index contributed by atoms with van der Waals surface area (Å²) in [5.74, 6) is -0.641. The van der Waals surface area contributed by atoms with Gasteiger partial charge in [0.2, 0.25) is 12.0 Å². The average Bonchev–Trinajstić information content (AvgIpc) is 3.13. The summed E-state index contributed by atoms with van der Waals surface area (Å²) in [5, 5.41) is 6.60. The molecule has 134 valence electrons. The fourth-order valence-corrected chi connectivity index (χ4v) is 2.71. The Balaban J connectivity index is 1.41. The van der Waals surface area contributed by atoms with Crippen molar-refractivity contribution in [3.8, 4) is 0 Å². The number of ether oxygens (including phenoxy) is 1. The van der Waals surface area contributed by atoms with E-state index in [1.165, 1.54) is 12.1 Å². The van der Waals surface area contributed by atoms with E-state index in [2.05, 4.69) is 10.5 Å². The van der Waals surface area contributed by atoms with Crippen LogP contribution in [0.5, 0.6) is 0 Å². The second-order valence-electron chi connectivity index (χ2n) is 5.88. The summed E-state index contributed by atoms with van der Waals surface area (Å²) in [6.45, 7) is 2.54. The highest BCUT2D eigenvalue weighted by Gasteiger charge is 2.29. The van der Waals surface area contributed by atoms with Crippen molar-refractivity contribution in [2.24, 2.45) is 5.16 Å². The number of nitrogens with one attached hydrogen (secondary N) is 1. The predicted octanol–water partition coefficient (Wildman–Crippen LogP) is 0.684. The van der Waals surface area contributed by atoms with Gasteiger partial charge < -0.3 is 19.8 Å². The summed E-state index contributed by atoms with van der Waals surface area (Å²) in [6.07, 6.45) is -0.169. The minimum Gasteiger partial charge on any atom is -0.382 e. The third kappa shape index (κ3) is 4.54. The standard InChI is InChI=1S/C17H20FN3O4/c18-13-3-1-12(2-4-13)14-11-15(25-20-14)17(23)19-6-5-16(22)21-7-9-24-10-8-21/h1-4,15H,5-11H2,(H,19,23)/t15-/m1/s1. The van der Waals surface area contributed by atoms with E-state index in [1.54, 1.807) is 17.0 Å². The minimum atomic E-state index is -0.724. The highest BCUT2D eigenvalue weighted by atomic mass is 19.1. The zero-order chi connectivity index (χ0) is 17.6. The van der Waals surface area contributed by atoms with E-state index < -0.39 is 6.10 Å². The number of nitrogens with zero attached hydrogens (tertiary/aromatic N) is 2. The molecule has 1 aromatic carbocycles. The number of morpholine rings is 1. The molecule has 8 heteroatoms. The molecule has 0 unspecified atom stereocenters. The monoisotopic (exact) mass is 349 g/mol. The number of hydrogen-bond donors (Lipinski definition) is 1. The number of amides is 2. The van der Waals surface area contributed by atoms with Gasteiger partial charge in [0.05, 0.1) is 18.9 Å². The Labute approximate surface area is 144 Å². The summed E-state index contributed by atoms with van der Waals surface area (Å²) >= 11 is 0. The van der Waals surface area contributed by atoms with Gasteiger partial charge in [-0.2, -0.15) is 0 Å². The van der Waals surface area contributed by atoms with Crippen LogP contribution in [0.25, 0.3) is 0 Å². The Morgan fingerprint density at radius 3 is 2.68 bits per heavy atom. The number of benzene rings is 1. The zero-order valence-electron chi connectivity index (χ0n) is 13.7. The van der Waals surface area contributed by atoms with Crippen molar-refractivity contribution in [3.63, 3.8) is 0 Å². The molecule has 1 fully saturated rings. The van der Waals surface area contributed by atoms with Crippen LogP contribution in [-0.4, -0.2) is 61.4 Å². The third-order valence-corrected chi connectivity index (χ3v) is 4.14. The second-order valence-corrected chi connectivity index (χ2v) is 5.88. The molecular formula is C17H20FN3O4. The van der Waals surface area contributed by atoms with Crippen LogP contribution in [0.15, 0.2) is 29.4 Å². The largest absolute Gasteiger partial charge is 0.382 e. The summed E-state index contributed by atoms with van der Waals surface area (Å²) < 4.78 is 18.1. The van der Waals surface area contributed by atoms with Gasteiger partial charge in [0.15, 0.2) is 0 Å². The maximum absolute atomic E-state index is 12.9. The fraction of sp³-hybridized carbons (Fsp3) is 0.471. The number of rotatable bonds is 5. The number of carbonyl (C=O) groups excluding carboxylic acids is 2. The molecule has 0 aliphatic carbocycles. The van der Waals surface area contributed by atoms with E-state index in [9.17, 15) is 14.0 Å². The summed E-state index contributed by atoms with van der Waals surface area (Å²) in [4.78, 5) is 31.0. The van der Waals surface area contributed by atoms with Crippen LogP contribution in [0.4, 0.5) is 4.39 Å². The van der Waals surface area contributed by atoms with E-state index in [1.807, 2.05) is 0 Å². The van der Waals surface area contributed by atoms with Crippen LogP contribution < -0.4 is 5.32 Å². The molecular weight excluding hydrogens is 329 g/mol. The van der Waals surface area contributed by atoms with E-state index >= 15 is 0 Å². The first-order chi connectivity index (χ1) is 12.1. The molecule has 0 bridgehead atoms. The number of carbonyl (C=O) groups is 2. The van der Waals surface area contributed by atoms with Crippen molar-refractivity contribution >= 4 is 17.5 Å². The van der Waals surface area contributed by atoms with Gasteiger partial charge in [-0.3, -0.25) is 9.59 Å². The molecule has 0 radical (unpaired) electrons. The normalized spacial score (nSPS) is 20.0. The van der Waals surface area contributed by atoms with Crippen LogP contribution in [0.1, 0.15) is 18.4 Å². The number of oxime groups is 1. The molecule has 25 heavy (non-hydrogen) atoms. The van der Waals surface area contributed by atoms with Gasteiger partial charge in [0.1, 0.15) is 5.82 Å². The van der Waals surface area contributed by atoms with E-state index in [4.69, 9.17) is 9.57 Å². The van der Waals surface area contributed by atoms with Gasteiger partial charge in [-0.05, 0) is 17.7 Å². The first-order valence-corrected chi connectivity index (χ1v) is 8.25. The topological polar surface area (TPSA) is 80.2 Å². The first kappa shape index (κ1) is 17.3. The lowest BCUT2D eigenvalue weighted by molar-refractivity contribution is -0.135. The molecule has 0 aromatic heterocycles. The van der Waals surface area contributed by atoms with Crippen LogP contribution in [-0.2, 0) is 19.2 Å². The van der Waals surface area contributed by atoms with E-state index in [0.717, 1.165) is 5.56 Å². The lowest BCUT2D eigenvalue weighted by atomic mass is 10.0. The van der Waals surface area contributed by atoms with Crippen molar-refractivity contribution in [2.45, 2.75) is 18.9 Å². The molecule has 2 amide bonds. The molecule has 3 rings (SSSR count). The Bertz CT molecular complexity index is 656. The molecule has 0 saturated carbocycles. The Kier molecular flexibility index (Phi) is 5.60. The Hall–Kier alpha value is -2.48. The van der Waals surface area contributed by atoms with Gasteiger partial charge in [-0.1, -0.05) is 17.3 Å². The lowest BCUT2D eigenvalue weighted by Crippen LogP contribution is -2.42. The maximum atomic E-state index is 12.9. The van der Waals surface area contributed by atoms with Crippen molar-refractivity contribution in [3.05, 3.63) is 35.6 Å². The highest BCUT2D eigenvalue weighted by Crippen LogP contribution is 2.17. The van der Waals surface area contributed by atoms with Gasteiger partial charge in [0.25, 0.3) is 5.91 Å². The van der Waals surface area contributed by atoms with Gasteiger partial charge in [-0.15, -0.1) is 0 Å². The van der Waals surface area contributed by atoms with E-state index in [0.29, 0.717) is 38.4 Å². The molecule has 2 aliphatic heterocycles. The second kappa shape index (κ2) is 8.06. The van der Waals surface area contributed by atoms with Crippen LogP contribution >= 0.6 is 0 Å². The zero-order valence-corrected chi connectivity index (χ0v) is 13.7. The van der Waals surface area contributed by atoms with Crippen LogP contribution in [0, 0.1) is 5.82 Å². The molecule has 1 saturated heterocycles. The summed E-state index contributed by atoms with van der Waals surface area (Å²) in [5.41, 5.74) is 1.32. The number of hydrogen-bond acceptors (Lipinski definition) is 5. The van der Waals surface area contributed by atoms with Crippen molar-refractivity contribution < 1.29 is 23.6 Å². The highest BCUT2D eigenvalue weighted by molar-refractivity contribution is 6.04. The minimum absolute atomic E-state index is 0.000749. The summed E-state index contributed by atoms with van der Waals surface area (Å²) in [6, 6.07) is 5.86. The van der Waals surface area contributed by atoms with Crippen molar-refractivity contribution in [2.75, 3.05) is 32.8 Å². The average molecular weight is 349 g/mol. The predicted molar refractivity (Wildman–Crippen MR) is 87.5 cm³/mol. The van der Waals surface area contributed by atoms with E-state index in [-0.39, 0.29) is 30.6 Å². The Morgan fingerprint density at radius 2 is 1.96 bits per heavy atom. The third-order valence-electron chi connectivity index (χ3n) is 4.14. The molecule has 1 N–H and O–H groups in total. The van der Waals surface area contributed by atoms with Gasteiger partial charge in [0, 0.05) is 32.5 Å². The lowest BCUT2D eigenvalue weighted by Gasteiger charge is -2.26.